The van der Waals surface area contributed by atoms with E-state index in [1.807, 2.05) is 18.2 Å². The molecule has 0 N–H and O–H groups in total. The summed E-state index contributed by atoms with van der Waals surface area (Å²) in [5, 5.41) is 0. The van der Waals surface area contributed by atoms with E-state index in [1.54, 1.807) is 6.07 Å². The van der Waals surface area contributed by atoms with Crippen molar-refractivity contribution in [3.8, 4) is 0 Å². The summed E-state index contributed by atoms with van der Waals surface area (Å²) in [6, 6.07) is 7.40. The van der Waals surface area contributed by atoms with E-state index in [2.05, 4.69) is 22.9 Å². The summed E-state index contributed by atoms with van der Waals surface area (Å²) in [4.78, 5) is 11.9. The van der Waals surface area contributed by atoms with Crippen molar-refractivity contribution in [1.29, 1.82) is 0 Å². The Kier molecular flexibility index (Phi) is 12.8. The normalized spacial score (nSPS) is 10.8. The van der Waals surface area contributed by atoms with E-state index in [4.69, 9.17) is 4.74 Å². The van der Waals surface area contributed by atoms with Crippen molar-refractivity contribution in [3.05, 3.63) is 34.3 Å². The Bertz CT molecular complexity index is 445. The molecule has 0 radical (unpaired) electrons. The molecule has 0 aliphatic heterocycles. The zero-order valence-corrected chi connectivity index (χ0v) is 16.8. The summed E-state index contributed by atoms with van der Waals surface area (Å²) in [5.41, 5.74) is 0.608. The average Bonchev–Trinajstić information content (AvgIpc) is 2.59. The van der Waals surface area contributed by atoms with Crippen molar-refractivity contribution < 1.29 is 9.53 Å². The molecule has 0 aliphatic carbocycles. The number of unbranched alkanes of at least 4 members (excludes halogenated alkanes) is 11. The van der Waals surface area contributed by atoms with E-state index in [0.29, 0.717) is 12.2 Å². The van der Waals surface area contributed by atoms with Gasteiger partial charge in [-0.15, -0.1) is 0 Å². The van der Waals surface area contributed by atoms with E-state index < -0.39 is 0 Å². The third kappa shape index (κ3) is 10.1. The van der Waals surface area contributed by atoms with Crippen LogP contribution in [0.15, 0.2) is 28.7 Å². The molecule has 1 aromatic rings. The van der Waals surface area contributed by atoms with Gasteiger partial charge in [-0.2, -0.15) is 0 Å². The molecule has 0 aromatic heterocycles. The van der Waals surface area contributed by atoms with Crippen LogP contribution in [0.2, 0.25) is 0 Å². The predicted octanol–water partition coefficient (Wildman–Crippen LogP) is 7.31. The summed E-state index contributed by atoms with van der Waals surface area (Å²) in [6.07, 6.45) is 15.8. The van der Waals surface area contributed by atoms with Crippen molar-refractivity contribution in [2.24, 2.45) is 0 Å². The fourth-order valence-corrected chi connectivity index (χ4v) is 3.26. The molecule has 3 heteroatoms. The second-order valence-electron chi connectivity index (χ2n) is 6.50. The van der Waals surface area contributed by atoms with Crippen LogP contribution in [-0.4, -0.2) is 12.6 Å². The smallest absolute Gasteiger partial charge is 0.339 e. The van der Waals surface area contributed by atoms with Crippen LogP contribution in [0.3, 0.4) is 0 Å². The molecule has 0 aliphatic rings. The topological polar surface area (TPSA) is 26.3 Å². The maximum Gasteiger partial charge on any atom is 0.339 e. The van der Waals surface area contributed by atoms with Crippen LogP contribution in [0.4, 0.5) is 0 Å². The highest BCUT2D eigenvalue weighted by atomic mass is 79.9. The number of carbonyl (C=O) groups excluding carboxylic acids is 1. The molecule has 0 spiro atoms. The van der Waals surface area contributed by atoms with E-state index in [-0.39, 0.29) is 5.97 Å². The average molecular weight is 397 g/mol. The molecule has 0 bridgehead atoms. The first-order valence-electron chi connectivity index (χ1n) is 9.67. The van der Waals surface area contributed by atoms with Crippen LogP contribution in [0.1, 0.15) is 94.3 Å². The van der Waals surface area contributed by atoms with Gasteiger partial charge in [0.05, 0.1) is 12.2 Å². The lowest BCUT2D eigenvalue weighted by molar-refractivity contribution is 0.0496. The Balaban J connectivity index is 1.89. The van der Waals surface area contributed by atoms with Gasteiger partial charge in [0.2, 0.25) is 0 Å². The van der Waals surface area contributed by atoms with E-state index in [0.717, 1.165) is 17.3 Å². The minimum atomic E-state index is -0.231. The lowest BCUT2D eigenvalue weighted by atomic mass is 10.1. The molecular weight excluding hydrogens is 364 g/mol. The molecule has 24 heavy (non-hydrogen) atoms. The quantitative estimate of drug-likeness (QED) is 0.243. The molecule has 1 aromatic carbocycles. The fourth-order valence-electron chi connectivity index (χ4n) is 2.81. The zero-order valence-electron chi connectivity index (χ0n) is 15.2. The molecule has 136 valence electrons. The molecule has 2 nitrogen and oxygen atoms in total. The highest BCUT2D eigenvalue weighted by Gasteiger charge is 2.09. The molecule has 0 saturated carbocycles. The van der Waals surface area contributed by atoms with Gasteiger partial charge in [-0.05, 0) is 34.5 Å². The van der Waals surface area contributed by atoms with Gasteiger partial charge in [0.15, 0.2) is 0 Å². The van der Waals surface area contributed by atoms with Crippen LogP contribution < -0.4 is 0 Å². The molecular formula is C21H33BrO2. The van der Waals surface area contributed by atoms with Gasteiger partial charge in [0, 0.05) is 4.47 Å². The number of ether oxygens (including phenoxy) is 1. The van der Waals surface area contributed by atoms with E-state index in [1.165, 1.54) is 64.2 Å². The Morgan fingerprint density at radius 2 is 1.33 bits per heavy atom. The summed E-state index contributed by atoms with van der Waals surface area (Å²) in [7, 11) is 0. The first-order valence-corrected chi connectivity index (χ1v) is 10.5. The second-order valence-corrected chi connectivity index (χ2v) is 7.36. The molecule has 1 rings (SSSR count). The standard InChI is InChI=1S/C21H33BrO2/c1-2-3-4-5-6-7-8-9-10-11-12-15-18-24-21(23)19-16-13-14-17-20(19)22/h13-14,16-17H,2-12,15,18H2,1H3. The fraction of sp³-hybridized carbons (Fsp3) is 0.667. The molecule has 0 heterocycles. The Morgan fingerprint density at radius 3 is 1.88 bits per heavy atom. The molecule has 0 amide bonds. The van der Waals surface area contributed by atoms with E-state index in [9.17, 15) is 4.79 Å². The Morgan fingerprint density at radius 1 is 0.833 bits per heavy atom. The number of rotatable bonds is 14. The van der Waals surface area contributed by atoms with Crippen molar-refractivity contribution in [2.45, 2.75) is 84.0 Å². The van der Waals surface area contributed by atoms with Gasteiger partial charge in [-0.1, -0.05) is 89.7 Å². The summed E-state index contributed by atoms with van der Waals surface area (Å²) < 4.78 is 6.13. The van der Waals surface area contributed by atoms with Gasteiger partial charge in [0.1, 0.15) is 0 Å². The van der Waals surface area contributed by atoms with Crippen molar-refractivity contribution in [1.82, 2.24) is 0 Å². The SMILES string of the molecule is CCCCCCCCCCCCCCOC(=O)c1ccccc1Br. The number of carbonyl (C=O) groups is 1. The van der Waals surface area contributed by atoms with Gasteiger partial charge in [0.25, 0.3) is 0 Å². The minimum Gasteiger partial charge on any atom is -0.462 e. The van der Waals surface area contributed by atoms with Crippen LogP contribution in [0.25, 0.3) is 0 Å². The van der Waals surface area contributed by atoms with Crippen LogP contribution in [0.5, 0.6) is 0 Å². The minimum absolute atomic E-state index is 0.231. The third-order valence-corrected chi connectivity index (χ3v) is 5.02. The van der Waals surface area contributed by atoms with Crippen LogP contribution in [-0.2, 0) is 4.74 Å². The molecule has 0 fully saturated rings. The summed E-state index contributed by atoms with van der Waals surface area (Å²) >= 11 is 3.38. The molecule has 0 atom stereocenters. The summed E-state index contributed by atoms with van der Waals surface area (Å²) in [6.45, 7) is 2.79. The van der Waals surface area contributed by atoms with Gasteiger partial charge >= 0.3 is 5.97 Å². The maximum atomic E-state index is 11.9. The van der Waals surface area contributed by atoms with Crippen LogP contribution in [0, 0.1) is 0 Å². The second kappa shape index (κ2) is 14.5. The Hall–Kier alpha value is -0.830. The maximum absolute atomic E-state index is 11.9. The number of halogens is 1. The monoisotopic (exact) mass is 396 g/mol. The van der Waals surface area contributed by atoms with Crippen molar-refractivity contribution >= 4 is 21.9 Å². The number of esters is 1. The largest absolute Gasteiger partial charge is 0.462 e. The van der Waals surface area contributed by atoms with Crippen molar-refractivity contribution in [2.75, 3.05) is 6.61 Å². The highest BCUT2D eigenvalue weighted by Crippen LogP contribution is 2.17. The van der Waals surface area contributed by atoms with Crippen LogP contribution >= 0.6 is 15.9 Å². The Labute approximate surface area is 156 Å². The molecule has 0 saturated heterocycles. The third-order valence-electron chi connectivity index (χ3n) is 4.32. The lowest BCUT2D eigenvalue weighted by Gasteiger charge is -2.06. The highest BCUT2D eigenvalue weighted by molar-refractivity contribution is 9.10. The van der Waals surface area contributed by atoms with Gasteiger partial charge in [-0.3, -0.25) is 0 Å². The van der Waals surface area contributed by atoms with Crippen molar-refractivity contribution in [3.63, 3.8) is 0 Å². The number of hydrogen-bond donors (Lipinski definition) is 0. The molecule has 0 unspecified atom stereocenters. The van der Waals surface area contributed by atoms with E-state index >= 15 is 0 Å². The van der Waals surface area contributed by atoms with Gasteiger partial charge in [-0.25, -0.2) is 4.79 Å². The first kappa shape index (κ1) is 21.2. The first-order chi connectivity index (χ1) is 11.8. The number of hydrogen-bond acceptors (Lipinski definition) is 2. The van der Waals surface area contributed by atoms with Gasteiger partial charge < -0.3 is 4.74 Å². The summed E-state index contributed by atoms with van der Waals surface area (Å²) in [5.74, 6) is -0.231. The number of benzene rings is 1. The zero-order chi connectivity index (χ0) is 17.5. The lowest BCUT2D eigenvalue weighted by Crippen LogP contribution is -2.07. The predicted molar refractivity (Wildman–Crippen MR) is 106 cm³/mol.